The van der Waals surface area contributed by atoms with Gasteiger partial charge < -0.3 is 25.8 Å². The summed E-state index contributed by atoms with van der Waals surface area (Å²) in [6.45, 7) is 1.29. The Kier molecular flexibility index (Phi) is 7.40. The highest BCUT2D eigenvalue weighted by Gasteiger charge is 2.26. The Morgan fingerprint density at radius 2 is 1.97 bits per heavy atom. The number of carbonyl (C=O) groups excluding carboxylic acids is 1. The SMILES string of the molecule is O=C1NCc2ccc(Nc3ncc(Cl)c(N[C@@H]4CCCC[C@@H]4CNS(=O)[O-])n3)cc2CN1. The molecule has 1 saturated carbocycles. The smallest absolute Gasteiger partial charge is 0.315 e. The van der Waals surface area contributed by atoms with Gasteiger partial charge in [-0.1, -0.05) is 30.5 Å². The predicted molar refractivity (Wildman–Crippen MR) is 122 cm³/mol. The molecular formula is C20H25ClN7O3S-. The Hall–Kier alpha value is -2.47. The monoisotopic (exact) mass is 478 g/mol. The van der Waals surface area contributed by atoms with Gasteiger partial charge in [-0.25, -0.2) is 14.5 Å². The highest BCUT2D eigenvalue weighted by molar-refractivity contribution is 7.77. The number of carbonyl (C=O) groups is 1. The number of hydrogen-bond donors (Lipinski definition) is 5. The summed E-state index contributed by atoms with van der Waals surface area (Å²) < 4.78 is 24.3. The van der Waals surface area contributed by atoms with Crippen LogP contribution in [0.5, 0.6) is 0 Å². The number of urea groups is 1. The molecule has 1 aromatic carbocycles. The van der Waals surface area contributed by atoms with E-state index in [0.717, 1.165) is 42.5 Å². The summed E-state index contributed by atoms with van der Waals surface area (Å²) >= 11 is 4.06. The molecule has 1 aromatic heterocycles. The lowest BCUT2D eigenvalue weighted by atomic mass is 9.84. The number of aromatic nitrogens is 2. The maximum atomic E-state index is 11.5. The van der Waals surface area contributed by atoms with Gasteiger partial charge in [0, 0.05) is 42.6 Å². The van der Waals surface area contributed by atoms with Crippen molar-refractivity contribution in [3.05, 3.63) is 40.5 Å². The maximum absolute atomic E-state index is 11.5. The molecule has 10 nitrogen and oxygen atoms in total. The number of benzene rings is 1. The number of hydrogen-bond acceptors (Lipinski definition) is 7. The minimum absolute atomic E-state index is 0.0589. The van der Waals surface area contributed by atoms with Crippen molar-refractivity contribution in [3.63, 3.8) is 0 Å². The zero-order valence-corrected chi connectivity index (χ0v) is 18.9. The highest BCUT2D eigenvalue weighted by atomic mass is 35.5. The lowest BCUT2D eigenvalue weighted by Gasteiger charge is -2.33. The average Bonchev–Trinajstić information content (AvgIpc) is 2.96. The molecule has 5 N–H and O–H groups in total. The van der Waals surface area contributed by atoms with Crippen LogP contribution >= 0.6 is 11.6 Å². The van der Waals surface area contributed by atoms with Crippen LogP contribution in [0.1, 0.15) is 36.8 Å². The molecule has 32 heavy (non-hydrogen) atoms. The van der Waals surface area contributed by atoms with E-state index in [4.69, 9.17) is 11.6 Å². The third kappa shape index (κ3) is 5.85. The van der Waals surface area contributed by atoms with Gasteiger partial charge in [-0.15, -0.1) is 0 Å². The van der Waals surface area contributed by atoms with E-state index in [1.807, 2.05) is 18.2 Å². The molecule has 2 heterocycles. The van der Waals surface area contributed by atoms with E-state index in [1.54, 1.807) is 0 Å². The van der Waals surface area contributed by atoms with Gasteiger partial charge in [0.05, 0.1) is 6.20 Å². The van der Waals surface area contributed by atoms with Crippen LogP contribution in [-0.4, -0.2) is 37.3 Å². The van der Waals surface area contributed by atoms with Crippen LogP contribution in [0.25, 0.3) is 0 Å². The van der Waals surface area contributed by atoms with Crippen LogP contribution in [0.4, 0.5) is 22.2 Å². The van der Waals surface area contributed by atoms with Crippen LogP contribution < -0.4 is 26.0 Å². The van der Waals surface area contributed by atoms with Crippen molar-refractivity contribution < 1.29 is 13.6 Å². The van der Waals surface area contributed by atoms with E-state index in [-0.39, 0.29) is 18.0 Å². The first-order valence-electron chi connectivity index (χ1n) is 10.5. The number of amides is 2. The average molecular weight is 479 g/mol. The minimum atomic E-state index is -2.28. The predicted octanol–water partition coefficient (Wildman–Crippen LogP) is 2.54. The lowest BCUT2D eigenvalue weighted by molar-refractivity contribution is 0.241. The van der Waals surface area contributed by atoms with Crippen molar-refractivity contribution >= 4 is 46.4 Å². The zero-order chi connectivity index (χ0) is 22.5. The molecule has 1 unspecified atom stereocenters. The molecule has 2 aromatic rings. The van der Waals surface area contributed by atoms with Crippen molar-refractivity contribution in [1.82, 2.24) is 25.3 Å². The second-order valence-electron chi connectivity index (χ2n) is 7.91. The summed E-state index contributed by atoms with van der Waals surface area (Å²) in [6, 6.07) is 5.70. The van der Waals surface area contributed by atoms with Gasteiger partial charge in [-0.2, -0.15) is 4.98 Å². The summed E-state index contributed by atoms with van der Waals surface area (Å²) in [7, 11) is 0. The van der Waals surface area contributed by atoms with Crippen molar-refractivity contribution in [3.8, 4) is 0 Å². The van der Waals surface area contributed by atoms with Crippen molar-refractivity contribution in [1.29, 1.82) is 0 Å². The third-order valence-electron chi connectivity index (χ3n) is 5.78. The summed E-state index contributed by atoms with van der Waals surface area (Å²) in [5, 5.41) is 12.6. The normalized spacial score (nSPS) is 21.5. The van der Waals surface area contributed by atoms with Gasteiger partial charge in [0.2, 0.25) is 5.95 Å². The van der Waals surface area contributed by atoms with E-state index in [1.165, 1.54) is 6.20 Å². The van der Waals surface area contributed by atoms with E-state index in [2.05, 4.69) is 36.0 Å². The molecule has 0 saturated heterocycles. The second kappa shape index (κ2) is 10.4. The molecule has 2 aliphatic rings. The van der Waals surface area contributed by atoms with Crippen LogP contribution in [0, 0.1) is 5.92 Å². The number of nitrogens with zero attached hydrogens (tertiary/aromatic N) is 2. The van der Waals surface area contributed by atoms with Crippen LogP contribution in [0.15, 0.2) is 24.4 Å². The van der Waals surface area contributed by atoms with Crippen LogP contribution in [0.2, 0.25) is 5.02 Å². The molecule has 172 valence electrons. The summed E-state index contributed by atoms with van der Waals surface area (Å²) in [6.07, 6.45) is 5.49. The standard InChI is InChI=1S/C20H26ClN7O3S/c21-16-11-22-19(26-15-6-5-12-8-23-20(29)24-9-14(12)7-15)28-18(16)27-17-4-2-1-3-13(17)10-25-32(30)31/h5-7,11,13,17,25H,1-4,8-10H2,(H,30,31)(H2,23,24,29)(H2,22,26,27,28)/p-1/t13-,17-/m1/s1. The number of nitrogens with one attached hydrogen (secondary N) is 5. The summed E-state index contributed by atoms with van der Waals surface area (Å²) in [5.74, 6) is 1.05. The Bertz CT molecular complexity index is 1010. The molecule has 0 bridgehead atoms. The Balaban J connectivity index is 1.47. The van der Waals surface area contributed by atoms with Gasteiger partial charge in [0.25, 0.3) is 0 Å². The Labute approximate surface area is 193 Å². The zero-order valence-electron chi connectivity index (χ0n) is 17.3. The summed E-state index contributed by atoms with van der Waals surface area (Å²) in [4.78, 5) is 20.4. The fraction of sp³-hybridized carbons (Fsp3) is 0.450. The minimum Gasteiger partial charge on any atom is -0.760 e. The molecule has 2 amide bonds. The van der Waals surface area contributed by atoms with Crippen molar-refractivity contribution in [2.24, 2.45) is 5.92 Å². The van der Waals surface area contributed by atoms with Gasteiger partial charge in [-0.3, -0.25) is 4.21 Å². The third-order valence-corrected chi connectivity index (χ3v) is 6.46. The van der Waals surface area contributed by atoms with Gasteiger partial charge in [0.15, 0.2) is 5.82 Å². The number of fused-ring (bicyclic) bond motifs is 1. The Morgan fingerprint density at radius 3 is 2.78 bits per heavy atom. The van der Waals surface area contributed by atoms with Gasteiger partial charge in [0.1, 0.15) is 5.02 Å². The number of halogens is 1. The van der Waals surface area contributed by atoms with Crippen LogP contribution in [-0.2, 0) is 24.4 Å². The maximum Gasteiger partial charge on any atom is 0.315 e. The number of rotatable bonds is 7. The molecule has 1 aliphatic heterocycles. The first-order chi connectivity index (χ1) is 15.5. The molecule has 0 spiro atoms. The first-order valence-corrected chi connectivity index (χ1v) is 12.0. The molecule has 0 radical (unpaired) electrons. The van der Waals surface area contributed by atoms with E-state index < -0.39 is 11.3 Å². The lowest BCUT2D eigenvalue weighted by Crippen LogP contribution is -2.39. The quantitative estimate of drug-likeness (QED) is 0.385. The largest absolute Gasteiger partial charge is 0.760 e. The van der Waals surface area contributed by atoms with Crippen molar-refractivity contribution in [2.75, 3.05) is 17.2 Å². The first kappa shape index (κ1) is 22.7. The van der Waals surface area contributed by atoms with Gasteiger partial charge in [-0.05, 0) is 42.0 Å². The van der Waals surface area contributed by atoms with Gasteiger partial charge >= 0.3 is 6.03 Å². The molecule has 4 rings (SSSR count). The summed E-state index contributed by atoms with van der Waals surface area (Å²) in [5.41, 5.74) is 2.85. The Morgan fingerprint density at radius 1 is 1.19 bits per heavy atom. The second-order valence-corrected chi connectivity index (χ2v) is 9.08. The van der Waals surface area contributed by atoms with E-state index in [9.17, 15) is 13.6 Å². The van der Waals surface area contributed by atoms with E-state index in [0.29, 0.717) is 36.4 Å². The molecule has 3 atom stereocenters. The number of anilines is 3. The fourth-order valence-electron chi connectivity index (χ4n) is 4.10. The highest BCUT2D eigenvalue weighted by Crippen LogP contribution is 2.30. The fourth-order valence-corrected chi connectivity index (χ4v) is 4.60. The topological polar surface area (TPSA) is 143 Å². The van der Waals surface area contributed by atoms with Crippen molar-refractivity contribution in [2.45, 2.75) is 44.8 Å². The molecule has 1 fully saturated rings. The molecular weight excluding hydrogens is 454 g/mol. The van der Waals surface area contributed by atoms with E-state index >= 15 is 0 Å². The molecule has 1 aliphatic carbocycles. The van der Waals surface area contributed by atoms with Crippen LogP contribution in [0.3, 0.4) is 0 Å². The molecule has 12 heteroatoms.